The van der Waals surface area contributed by atoms with Crippen LogP contribution in [0, 0.1) is 11.6 Å². The summed E-state index contributed by atoms with van der Waals surface area (Å²) in [5, 5.41) is 8.51. The summed E-state index contributed by atoms with van der Waals surface area (Å²) in [6.45, 7) is -5.59. The molecule has 0 spiro atoms. The summed E-state index contributed by atoms with van der Waals surface area (Å²) in [7, 11) is 0. The molecule has 1 aromatic rings. The van der Waals surface area contributed by atoms with Crippen molar-refractivity contribution in [3.05, 3.63) is 23.8 Å². The Morgan fingerprint density at radius 3 is 2.00 bits per heavy atom. The third-order valence-electron chi connectivity index (χ3n) is 1.42. The van der Waals surface area contributed by atoms with E-state index in [1.807, 2.05) is 0 Å². The fraction of sp³-hybridized carbons (Fsp3) is 0. The van der Waals surface area contributed by atoms with Crippen molar-refractivity contribution in [1.82, 2.24) is 0 Å². The van der Waals surface area contributed by atoms with Gasteiger partial charge in [-0.3, -0.25) is 0 Å². The monoisotopic (exact) mass is 197 g/mol. The molecule has 0 saturated carbocycles. The van der Waals surface area contributed by atoms with Crippen molar-refractivity contribution >= 4 is 12.4 Å². The van der Waals surface area contributed by atoms with Gasteiger partial charge in [0.05, 0.1) is 0 Å². The van der Waals surface area contributed by atoms with Crippen molar-refractivity contribution in [2.75, 3.05) is 0 Å². The van der Waals surface area contributed by atoms with Crippen molar-refractivity contribution < 1.29 is 26.8 Å². The Balaban J connectivity index is 3.32. The van der Waals surface area contributed by atoms with E-state index in [2.05, 4.69) is 0 Å². The first kappa shape index (κ1) is 9.82. The van der Waals surface area contributed by atoms with Crippen LogP contribution in [-0.2, 0) is 0 Å². The van der Waals surface area contributed by atoms with Gasteiger partial charge < -0.3 is 18.1 Å². The summed E-state index contributed by atoms with van der Waals surface area (Å²) in [5.74, 6) is -4.30. The first-order chi connectivity index (χ1) is 5.82. The topological polar surface area (TPSA) is 20.2 Å². The first-order valence-electron chi connectivity index (χ1n) is 3.20. The summed E-state index contributed by atoms with van der Waals surface area (Å²) in [6, 6.07) is 0.0323. The summed E-state index contributed by atoms with van der Waals surface area (Å²) in [6.07, 6.45) is 0. The van der Waals surface area contributed by atoms with Crippen LogP contribution in [0.2, 0.25) is 0 Å². The molecule has 0 aliphatic carbocycles. The number of rotatable bonds is 1. The maximum atomic E-state index is 12.5. The van der Waals surface area contributed by atoms with Gasteiger partial charge in [0.2, 0.25) is 0 Å². The Morgan fingerprint density at radius 1 is 1.00 bits per heavy atom. The van der Waals surface area contributed by atoms with Crippen LogP contribution in [0.4, 0.5) is 21.7 Å². The van der Waals surface area contributed by atoms with Crippen molar-refractivity contribution in [2.45, 2.75) is 0 Å². The highest BCUT2D eigenvalue weighted by Crippen LogP contribution is 2.19. The Labute approximate surface area is 69.9 Å². The van der Waals surface area contributed by atoms with Crippen molar-refractivity contribution in [2.24, 2.45) is 0 Å². The van der Waals surface area contributed by atoms with Gasteiger partial charge in [-0.2, -0.15) is 0 Å². The average molecular weight is 197 g/mol. The van der Waals surface area contributed by atoms with Gasteiger partial charge in [0.25, 0.3) is 0 Å². The summed E-state index contributed by atoms with van der Waals surface area (Å²) < 4.78 is 60.7. The van der Waals surface area contributed by atoms with Crippen LogP contribution in [-0.4, -0.2) is 12.1 Å². The molecule has 0 bridgehead atoms. The minimum atomic E-state index is -5.59. The lowest BCUT2D eigenvalue weighted by molar-refractivity contribution is 0.425. The van der Waals surface area contributed by atoms with Gasteiger partial charge >= 0.3 is 6.98 Å². The molecule has 0 aliphatic rings. The van der Waals surface area contributed by atoms with Gasteiger partial charge in [0, 0.05) is 6.07 Å². The molecule has 0 atom stereocenters. The van der Waals surface area contributed by atoms with Crippen LogP contribution in [0.1, 0.15) is 0 Å². The minimum Gasteiger partial charge on any atom is -0.505 e. The van der Waals surface area contributed by atoms with E-state index in [0.717, 1.165) is 0 Å². The van der Waals surface area contributed by atoms with Crippen LogP contribution in [0.15, 0.2) is 12.1 Å². The van der Waals surface area contributed by atoms with Crippen molar-refractivity contribution in [3.8, 4) is 5.75 Å². The average Bonchev–Trinajstić information content (AvgIpc) is 1.94. The third-order valence-corrected chi connectivity index (χ3v) is 1.42. The highest BCUT2D eigenvalue weighted by Gasteiger charge is 2.30. The lowest BCUT2D eigenvalue weighted by Gasteiger charge is -2.15. The summed E-state index contributed by atoms with van der Waals surface area (Å²) in [4.78, 5) is 0. The van der Waals surface area contributed by atoms with Crippen LogP contribution in [0.3, 0.4) is 0 Å². The molecule has 72 valence electrons. The van der Waals surface area contributed by atoms with Gasteiger partial charge in [0.15, 0.2) is 11.6 Å². The van der Waals surface area contributed by atoms with Crippen molar-refractivity contribution in [3.63, 3.8) is 0 Å². The number of benzene rings is 1. The van der Waals surface area contributed by atoms with Gasteiger partial charge in [-0.15, -0.1) is 0 Å². The SMILES string of the molecule is Oc1cc(F)c([B-](F)(F)F)cc1F. The van der Waals surface area contributed by atoms with E-state index in [9.17, 15) is 21.7 Å². The molecule has 7 heteroatoms. The molecule has 0 aromatic heterocycles. The molecule has 1 aromatic carbocycles. The molecule has 1 nitrogen and oxygen atoms in total. The lowest BCUT2D eigenvalue weighted by Crippen LogP contribution is -2.36. The highest BCUT2D eigenvalue weighted by atomic mass is 19.4. The van der Waals surface area contributed by atoms with Crippen LogP contribution in [0.25, 0.3) is 0 Å². The molecule has 1 rings (SSSR count). The van der Waals surface area contributed by atoms with E-state index in [4.69, 9.17) is 5.11 Å². The minimum absolute atomic E-state index is 0.0648. The predicted octanol–water partition coefficient (Wildman–Crippen LogP) is 1.72. The molecular weight excluding hydrogens is 194 g/mol. The molecule has 0 aliphatic heterocycles. The Morgan fingerprint density at radius 2 is 1.54 bits per heavy atom. The van der Waals surface area contributed by atoms with E-state index in [0.29, 0.717) is 0 Å². The lowest BCUT2D eigenvalue weighted by atomic mass is 9.79. The fourth-order valence-electron chi connectivity index (χ4n) is 0.803. The van der Waals surface area contributed by atoms with Gasteiger partial charge in [-0.05, 0) is 6.07 Å². The number of halogens is 5. The molecule has 13 heavy (non-hydrogen) atoms. The highest BCUT2D eigenvalue weighted by molar-refractivity contribution is 6.73. The van der Waals surface area contributed by atoms with E-state index >= 15 is 0 Å². The zero-order chi connectivity index (χ0) is 10.2. The number of hydrogen-bond acceptors (Lipinski definition) is 1. The summed E-state index contributed by atoms with van der Waals surface area (Å²) >= 11 is 0. The standard InChI is InChI=1S/C6H3BF5O/c8-4-2-6(13)5(9)1-3(4)7(10,11)12/h1-2,13H/q-1. The number of aromatic hydroxyl groups is 1. The largest absolute Gasteiger partial charge is 0.512 e. The number of hydrogen-bond donors (Lipinski definition) is 1. The molecule has 0 fully saturated rings. The maximum Gasteiger partial charge on any atom is 0.512 e. The molecule has 0 saturated heterocycles. The maximum absolute atomic E-state index is 12.5. The Kier molecular flexibility index (Phi) is 2.19. The quantitative estimate of drug-likeness (QED) is 0.536. The molecule has 0 radical (unpaired) electrons. The Bertz CT molecular complexity index is 335. The van der Waals surface area contributed by atoms with E-state index in [1.54, 1.807) is 0 Å². The van der Waals surface area contributed by atoms with Crippen molar-refractivity contribution in [1.29, 1.82) is 0 Å². The smallest absolute Gasteiger partial charge is 0.505 e. The van der Waals surface area contributed by atoms with Gasteiger partial charge in [0.1, 0.15) is 5.82 Å². The summed E-state index contributed by atoms with van der Waals surface area (Å²) in [5.41, 5.74) is -1.67. The second kappa shape index (κ2) is 2.90. The second-order valence-electron chi connectivity index (χ2n) is 2.40. The molecule has 0 heterocycles. The number of phenolic OH excluding ortho intramolecular Hbond substituents is 1. The van der Waals surface area contributed by atoms with Gasteiger partial charge in [-0.25, -0.2) is 8.78 Å². The fourth-order valence-corrected chi connectivity index (χ4v) is 0.803. The third kappa shape index (κ3) is 1.91. The molecule has 1 N–H and O–H groups in total. The second-order valence-corrected chi connectivity index (χ2v) is 2.40. The predicted molar refractivity (Wildman–Crippen MR) is 36.7 cm³/mol. The van der Waals surface area contributed by atoms with Crippen LogP contribution >= 0.6 is 0 Å². The Hall–Kier alpha value is -1.27. The van der Waals surface area contributed by atoms with Crippen LogP contribution in [0.5, 0.6) is 5.75 Å². The molecule has 0 unspecified atom stereocenters. The van der Waals surface area contributed by atoms with Crippen LogP contribution < -0.4 is 5.46 Å². The first-order valence-corrected chi connectivity index (χ1v) is 3.20. The van der Waals surface area contributed by atoms with E-state index < -0.39 is 29.8 Å². The number of phenols is 1. The van der Waals surface area contributed by atoms with Gasteiger partial charge in [-0.1, -0.05) is 5.46 Å². The normalized spacial score (nSPS) is 11.8. The molecule has 0 amide bonds. The zero-order valence-electron chi connectivity index (χ0n) is 6.07. The zero-order valence-corrected chi connectivity index (χ0v) is 6.07. The van der Waals surface area contributed by atoms with E-state index in [1.165, 1.54) is 0 Å². The molecular formula is C6H3BF5O-. The van der Waals surface area contributed by atoms with E-state index in [-0.39, 0.29) is 12.1 Å².